The van der Waals surface area contributed by atoms with Crippen LogP contribution >= 0.6 is 11.6 Å². The fourth-order valence-electron chi connectivity index (χ4n) is 2.79. The molecule has 130 valence electrons. The third-order valence-corrected chi connectivity index (χ3v) is 4.78. The van der Waals surface area contributed by atoms with E-state index in [1.807, 2.05) is 30.3 Å². The number of rotatable bonds is 5. The molecule has 0 atom stereocenters. The van der Waals surface area contributed by atoms with Crippen molar-refractivity contribution in [3.8, 4) is 0 Å². The van der Waals surface area contributed by atoms with Gasteiger partial charge in [0.1, 0.15) is 4.87 Å². The van der Waals surface area contributed by atoms with Gasteiger partial charge in [0.2, 0.25) is 0 Å². The van der Waals surface area contributed by atoms with Crippen LogP contribution in [0.2, 0.25) is 0 Å². The van der Waals surface area contributed by atoms with Crippen LogP contribution in [0.1, 0.15) is 16.7 Å². The van der Waals surface area contributed by atoms with Crippen molar-refractivity contribution in [3.05, 3.63) is 116 Å². The Bertz CT molecular complexity index is 884. The molecule has 6 nitrogen and oxygen atoms in total. The highest BCUT2D eigenvalue weighted by Crippen LogP contribution is 2.43. The van der Waals surface area contributed by atoms with Crippen molar-refractivity contribution in [2.75, 3.05) is 0 Å². The molecule has 0 saturated heterocycles. The molecule has 0 radical (unpaired) electrons. The minimum Gasteiger partial charge on any atom is -0.258 e. The van der Waals surface area contributed by atoms with E-state index in [0.29, 0.717) is 11.1 Å². The monoisotopic (exact) mass is 368 g/mol. The summed E-state index contributed by atoms with van der Waals surface area (Å²) in [5, 5.41) is 21.8. The van der Waals surface area contributed by atoms with Gasteiger partial charge < -0.3 is 0 Å². The summed E-state index contributed by atoms with van der Waals surface area (Å²) in [6.07, 6.45) is 0. The van der Waals surface area contributed by atoms with Crippen LogP contribution in [0, 0.1) is 20.2 Å². The molecule has 0 bridgehead atoms. The molecule has 0 unspecified atom stereocenters. The van der Waals surface area contributed by atoms with E-state index < -0.39 is 14.7 Å². The zero-order chi connectivity index (χ0) is 18.7. The van der Waals surface area contributed by atoms with E-state index in [9.17, 15) is 20.2 Å². The lowest BCUT2D eigenvalue weighted by Gasteiger charge is -2.29. The molecule has 0 N–H and O–H groups in total. The first-order chi connectivity index (χ1) is 12.4. The quantitative estimate of drug-likeness (QED) is 0.273. The van der Waals surface area contributed by atoms with E-state index in [2.05, 4.69) is 0 Å². The molecule has 3 aromatic rings. The van der Waals surface area contributed by atoms with Gasteiger partial charge in [-0.05, 0) is 41.0 Å². The highest BCUT2D eigenvalue weighted by Gasteiger charge is 2.34. The molecule has 0 aromatic heterocycles. The van der Waals surface area contributed by atoms with Gasteiger partial charge in [0.25, 0.3) is 11.4 Å². The van der Waals surface area contributed by atoms with E-state index in [-0.39, 0.29) is 11.4 Å². The average Bonchev–Trinajstić information content (AvgIpc) is 2.68. The number of nitrogens with zero attached hydrogens (tertiary/aromatic N) is 2. The molecule has 0 heterocycles. The van der Waals surface area contributed by atoms with Crippen molar-refractivity contribution >= 4 is 23.0 Å². The normalized spacial score (nSPS) is 11.1. The second kappa shape index (κ2) is 6.93. The number of benzene rings is 3. The summed E-state index contributed by atoms with van der Waals surface area (Å²) in [6, 6.07) is 21.2. The molecule has 0 fully saturated rings. The number of alkyl halides is 1. The van der Waals surface area contributed by atoms with Crippen molar-refractivity contribution in [1.82, 2.24) is 0 Å². The summed E-state index contributed by atoms with van der Waals surface area (Å²) in [6.45, 7) is 0. The number of hydrogen-bond acceptors (Lipinski definition) is 4. The summed E-state index contributed by atoms with van der Waals surface area (Å²) >= 11 is 7.04. The highest BCUT2D eigenvalue weighted by atomic mass is 35.5. The summed E-state index contributed by atoms with van der Waals surface area (Å²) in [5.41, 5.74) is 1.94. The molecule has 0 saturated carbocycles. The average molecular weight is 369 g/mol. The molecule has 0 aliphatic heterocycles. The molecule has 26 heavy (non-hydrogen) atoms. The lowest BCUT2D eigenvalue weighted by molar-refractivity contribution is -0.385. The Morgan fingerprint density at radius 3 is 1.31 bits per heavy atom. The summed E-state index contributed by atoms with van der Waals surface area (Å²) in [5.74, 6) is 0. The Morgan fingerprint density at radius 1 is 0.615 bits per heavy atom. The van der Waals surface area contributed by atoms with E-state index in [0.717, 1.165) is 5.56 Å². The first-order valence-corrected chi connectivity index (χ1v) is 8.05. The minimum atomic E-state index is -1.13. The van der Waals surface area contributed by atoms with Gasteiger partial charge in [-0.3, -0.25) is 20.2 Å². The van der Waals surface area contributed by atoms with Gasteiger partial charge in [-0.2, -0.15) is 0 Å². The number of non-ortho nitro benzene ring substituents is 2. The van der Waals surface area contributed by atoms with Crippen LogP contribution in [0.3, 0.4) is 0 Å². The van der Waals surface area contributed by atoms with Crippen LogP contribution in [-0.4, -0.2) is 9.85 Å². The lowest BCUT2D eigenvalue weighted by atomic mass is 9.84. The molecule has 0 spiro atoms. The van der Waals surface area contributed by atoms with Crippen LogP contribution in [0.25, 0.3) is 0 Å². The van der Waals surface area contributed by atoms with E-state index in [4.69, 9.17) is 11.6 Å². The van der Waals surface area contributed by atoms with Crippen LogP contribution in [0.4, 0.5) is 11.4 Å². The SMILES string of the molecule is O=[N+]([O-])c1ccc(C(Cl)(c2ccccc2)c2ccc([N+](=O)[O-])cc2)cc1. The van der Waals surface area contributed by atoms with Gasteiger partial charge in [-0.15, -0.1) is 11.6 Å². The largest absolute Gasteiger partial charge is 0.269 e. The molecule has 3 aromatic carbocycles. The smallest absolute Gasteiger partial charge is 0.258 e. The Labute approximate surface area is 154 Å². The van der Waals surface area contributed by atoms with Crippen molar-refractivity contribution in [2.45, 2.75) is 4.87 Å². The zero-order valence-electron chi connectivity index (χ0n) is 13.4. The second-order valence-electron chi connectivity index (χ2n) is 5.63. The molecule has 0 amide bonds. The third kappa shape index (κ3) is 3.14. The standard InChI is InChI=1S/C19H13ClN2O4/c20-19(14-4-2-1-3-5-14,15-6-10-17(11-7-15)21(23)24)16-8-12-18(13-9-16)22(25)26/h1-13H. The van der Waals surface area contributed by atoms with Crippen molar-refractivity contribution < 1.29 is 9.85 Å². The first-order valence-electron chi connectivity index (χ1n) is 7.67. The lowest BCUT2D eigenvalue weighted by Crippen LogP contribution is -2.22. The highest BCUT2D eigenvalue weighted by molar-refractivity contribution is 6.28. The molecule has 0 aliphatic carbocycles. The number of nitro benzene ring substituents is 2. The molecular formula is C19H13ClN2O4. The van der Waals surface area contributed by atoms with Crippen LogP contribution < -0.4 is 0 Å². The van der Waals surface area contributed by atoms with Gasteiger partial charge in [0.05, 0.1) is 9.85 Å². The van der Waals surface area contributed by atoms with Gasteiger partial charge >= 0.3 is 0 Å². The predicted octanol–water partition coefficient (Wildman–Crippen LogP) is 5.03. The van der Waals surface area contributed by atoms with Crippen LogP contribution in [0.15, 0.2) is 78.9 Å². The Morgan fingerprint density at radius 2 is 0.962 bits per heavy atom. The fourth-order valence-corrected chi connectivity index (χ4v) is 3.17. The molecule has 0 aliphatic rings. The van der Waals surface area contributed by atoms with E-state index >= 15 is 0 Å². The second-order valence-corrected chi connectivity index (χ2v) is 6.20. The Balaban J connectivity index is 2.17. The van der Waals surface area contributed by atoms with Crippen molar-refractivity contribution in [2.24, 2.45) is 0 Å². The molecular weight excluding hydrogens is 356 g/mol. The fraction of sp³-hybridized carbons (Fsp3) is 0.0526. The maximum absolute atomic E-state index is 10.9. The summed E-state index contributed by atoms with van der Waals surface area (Å²) < 4.78 is 0. The number of hydrogen-bond donors (Lipinski definition) is 0. The van der Waals surface area contributed by atoms with Crippen molar-refractivity contribution in [1.29, 1.82) is 0 Å². The van der Waals surface area contributed by atoms with Crippen LogP contribution in [-0.2, 0) is 4.87 Å². The van der Waals surface area contributed by atoms with E-state index in [1.165, 1.54) is 24.3 Å². The Kier molecular flexibility index (Phi) is 4.69. The van der Waals surface area contributed by atoms with Gasteiger partial charge in [-0.1, -0.05) is 30.3 Å². The first kappa shape index (κ1) is 17.6. The zero-order valence-corrected chi connectivity index (χ0v) is 14.2. The summed E-state index contributed by atoms with van der Waals surface area (Å²) in [4.78, 5) is 19.7. The topological polar surface area (TPSA) is 86.3 Å². The summed E-state index contributed by atoms with van der Waals surface area (Å²) in [7, 11) is 0. The maximum Gasteiger partial charge on any atom is 0.269 e. The number of halogens is 1. The predicted molar refractivity (Wildman–Crippen MR) is 98.4 cm³/mol. The van der Waals surface area contributed by atoms with Crippen LogP contribution in [0.5, 0.6) is 0 Å². The van der Waals surface area contributed by atoms with Crippen molar-refractivity contribution in [3.63, 3.8) is 0 Å². The third-order valence-electron chi connectivity index (χ3n) is 4.12. The minimum absolute atomic E-state index is 0.0375. The molecule has 7 heteroatoms. The number of nitro groups is 2. The maximum atomic E-state index is 10.9. The Hall–Kier alpha value is -3.25. The van der Waals surface area contributed by atoms with Gasteiger partial charge in [0, 0.05) is 24.3 Å². The molecule has 3 rings (SSSR count). The van der Waals surface area contributed by atoms with Gasteiger partial charge in [-0.25, -0.2) is 0 Å². The van der Waals surface area contributed by atoms with E-state index in [1.54, 1.807) is 24.3 Å². The van der Waals surface area contributed by atoms with Gasteiger partial charge in [0.15, 0.2) is 0 Å².